The van der Waals surface area contributed by atoms with E-state index in [0.29, 0.717) is 5.88 Å². The highest BCUT2D eigenvalue weighted by Crippen LogP contribution is 2.05. The summed E-state index contributed by atoms with van der Waals surface area (Å²) in [6, 6.07) is 3.73. The van der Waals surface area contributed by atoms with Gasteiger partial charge in [-0.15, -0.1) is 11.6 Å². The molecule has 1 aromatic rings. The lowest BCUT2D eigenvalue weighted by molar-refractivity contribution is 1.13. The fourth-order valence-electron chi connectivity index (χ4n) is 0.498. The second-order valence-corrected chi connectivity index (χ2v) is 2.08. The lowest BCUT2D eigenvalue weighted by Gasteiger charge is -1.90. The molecular formula is C5H5Cl2N. The van der Waals surface area contributed by atoms with Crippen LogP contribution in [0.15, 0.2) is 18.3 Å². The Kier molecular flexibility index (Phi) is 1.81. The van der Waals surface area contributed by atoms with E-state index in [2.05, 4.69) is 0 Å². The summed E-state index contributed by atoms with van der Waals surface area (Å²) >= 11 is 11.0. The summed E-state index contributed by atoms with van der Waals surface area (Å²) in [4.78, 5) is 0. The average Bonchev–Trinajstić information content (AvgIpc) is 2.14. The normalized spacial score (nSPS) is 9.75. The van der Waals surface area contributed by atoms with Crippen LogP contribution in [-0.4, -0.2) is 4.09 Å². The zero-order valence-electron chi connectivity index (χ0n) is 4.14. The monoisotopic (exact) mass is 149 g/mol. The van der Waals surface area contributed by atoms with Gasteiger partial charge in [-0.2, -0.15) is 0 Å². The topological polar surface area (TPSA) is 4.93 Å². The van der Waals surface area contributed by atoms with Crippen LogP contribution in [0.2, 0.25) is 0 Å². The van der Waals surface area contributed by atoms with Crippen molar-refractivity contribution in [3.63, 3.8) is 0 Å². The third kappa shape index (κ3) is 0.984. The van der Waals surface area contributed by atoms with Gasteiger partial charge in [-0.1, -0.05) is 0 Å². The molecule has 0 spiro atoms. The molecule has 0 aromatic carbocycles. The van der Waals surface area contributed by atoms with Gasteiger partial charge < -0.3 is 0 Å². The highest BCUT2D eigenvalue weighted by atomic mass is 35.5. The first-order valence-corrected chi connectivity index (χ1v) is 3.10. The third-order valence-corrected chi connectivity index (χ3v) is 1.52. The van der Waals surface area contributed by atoms with Crippen molar-refractivity contribution in [2.45, 2.75) is 5.88 Å². The molecule has 0 bridgehead atoms. The van der Waals surface area contributed by atoms with E-state index in [1.807, 2.05) is 12.1 Å². The summed E-state index contributed by atoms with van der Waals surface area (Å²) < 4.78 is 1.48. The van der Waals surface area contributed by atoms with Crippen molar-refractivity contribution in [2.24, 2.45) is 0 Å². The fourth-order valence-corrected chi connectivity index (χ4v) is 0.958. The van der Waals surface area contributed by atoms with E-state index in [0.717, 1.165) is 5.69 Å². The van der Waals surface area contributed by atoms with Crippen LogP contribution in [0.4, 0.5) is 0 Å². The Morgan fingerprint density at radius 2 is 2.38 bits per heavy atom. The molecule has 0 fully saturated rings. The molecule has 0 aliphatic heterocycles. The number of aromatic nitrogens is 1. The van der Waals surface area contributed by atoms with Crippen LogP contribution < -0.4 is 0 Å². The first-order valence-electron chi connectivity index (χ1n) is 2.23. The molecule has 0 saturated heterocycles. The van der Waals surface area contributed by atoms with Gasteiger partial charge in [0.2, 0.25) is 0 Å². The minimum absolute atomic E-state index is 0.469. The smallest absolute Gasteiger partial charge is 0.0641 e. The predicted molar refractivity (Wildman–Crippen MR) is 35.2 cm³/mol. The molecule has 44 valence electrons. The van der Waals surface area contributed by atoms with Crippen molar-refractivity contribution in [1.29, 1.82) is 0 Å². The summed E-state index contributed by atoms with van der Waals surface area (Å²) in [6.45, 7) is 0. The molecule has 0 aliphatic rings. The summed E-state index contributed by atoms with van der Waals surface area (Å²) in [7, 11) is 0. The summed E-state index contributed by atoms with van der Waals surface area (Å²) in [5, 5.41) is 0. The maximum absolute atomic E-state index is 5.57. The molecule has 0 amide bonds. The first-order chi connectivity index (χ1) is 3.84. The molecule has 1 aromatic heterocycles. The van der Waals surface area contributed by atoms with E-state index in [9.17, 15) is 0 Å². The van der Waals surface area contributed by atoms with Crippen LogP contribution in [0.1, 0.15) is 5.69 Å². The number of halogens is 2. The second kappa shape index (κ2) is 2.42. The van der Waals surface area contributed by atoms with Gasteiger partial charge in [-0.25, -0.2) is 0 Å². The molecule has 0 radical (unpaired) electrons. The van der Waals surface area contributed by atoms with Crippen molar-refractivity contribution in [1.82, 2.24) is 4.09 Å². The lowest BCUT2D eigenvalue weighted by Crippen LogP contribution is -1.82. The summed E-state index contributed by atoms with van der Waals surface area (Å²) in [5.41, 5.74) is 0.924. The van der Waals surface area contributed by atoms with E-state index < -0.39 is 0 Å². The van der Waals surface area contributed by atoms with Crippen LogP contribution >= 0.6 is 23.4 Å². The predicted octanol–water partition coefficient (Wildman–Crippen LogP) is 2.23. The second-order valence-electron chi connectivity index (χ2n) is 1.44. The Balaban J connectivity index is 2.92. The number of rotatable bonds is 1. The zero-order valence-corrected chi connectivity index (χ0v) is 5.65. The minimum Gasteiger partial charge on any atom is -0.264 e. The Hall–Kier alpha value is -0.140. The third-order valence-electron chi connectivity index (χ3n) is 0.917. The SMILES string of the molecule is ClCc1cccn1Cl. The van der Waals surface area contributed by atoms with Crippen LogP contribution in [0.3, 0.4) is 0 Å². The number of hydrogen-bond donors (Lipinski definition) is 0. The van der Waals surface area contributed by atoms with E-state index in [1.165, 1.54) is 4.09 Å². The molecule has 1 heterocycles. The summed E-state index contributed by atoms with van der Waals surface area (Å²) in [5.74, 6) is 0.469. The minimum atomic E-state index is 0.469. The van der Waals surface area contributed by atoms with Crippen molar-refractivity contribution in [2.75, 3.05) is 0 Å². The molecule has 3 heteroatoms. The maximum atomic E-state index is 5.57. The molecule has 0 aliphatic carbocycles. The molecule has 8 heavy (non-hydrogen) atoms. The Morgan fingerprint density at radius 3 is 2.62 bits per heavy atom. The van der Waals surface area contributed by atoms with Crippen LogP contribution in [-0.2, 0) is 5.88 Å². The van der Waals surface area contributed by atoms with Crippen LogP contribution in [0, 0.1) is 0 Å². The Morgan fingerprint density at radius 1 is 1.62 bits per heavy atom. The highest BCUT2D eigenvalue weighted by molar-refractivity contribution is 6.19. The standard InChI is InChI=1S/C5H5Cl2N/c6-4-5-2-1-3-8(5)7/h1-3H,4H2. The molecule has 0 saturated carbocycles. The summed E-state index contributed by atoms with van der Waals surface area (Å²) in [6.07, 6.45) is 1.75. The molecule has 1 nitrogen and oxygen atoms in total. The maximum Gasteiger partial charge on any atom is 0.0641 e. The zero-order chi connectivity index (χ0) is 5.98. The van der Waals surface area contributed by atoms with E-state index in [-0.39, 0.29) is 0 Å². The van der Waals surface area contributed by atoms with Gasteiger partial charge in [0.15, 0.2) is 0 Å². The molecule has 1 rings (SSSR count). The van der Waals surface area contributed by atoms with Gasteiger partial charge in [-0.05, 0) is 12.1 Å². The van der Waals surface area contributed by atoms with Gasteiger partial charge in [-0.3, -0.25) is 4.09 Å². The van der Waals surface area contributed by atoms with Gasteiger partial charge in [0.25, 0.3) is 0 Å². The van der Waals surface area contributed by atoms with Crippen LogP contribution in [0.25, 0.3) is 0 Å². The first kappa shape index (κ1) is 5.99. The van der Waals surface area contributed by atoms with Crippen molar-refractivity contribution in [3.8, 4) is 0 Å². The Labute approximate surface area is 57.9 Å². The molecule has 0 unspecified atom stereocenters. The largest absolute Gasteiger partial charge is 0.264 e. The molecule has 0 N–H and O–H groups in total. The van der Waals surface area contributed by atoms with Crippen molar-refractivity contribution >= 4 is 23.4 Å². The number of alkyl halides is 1. The van der Waals surface area contributed by atoms with E-state index in [1.54, 1.807) is 6.20 Å². The van der Waals surface area contributed by atoms with Crippen molar-refractivity contribution < 1.29 is 0 Å². The van der Waals surface area contributed by atoms with Crippen molar-refractivity contribution in [3.05, 3.63) is 24.0 Å². The Bertz CT molecular complexity index is 171. The molecular weight excluding hydrogens is 145 g/mol. The van der Waals surface area contributed by atoms with E-state index in [4.69, 9.17) is 23.4 Å². The van der Waals surface area contributed by atoms with Gasteiger partial charge in [0.05, 0.1) is 5.88 Å². The quantitative estimate of drug-likeness (QED) is 0.541. The van der Waals surface area contributed by atoms with Gasteiger partial charge >= 0.3 is 0 Å². The van der Waals surface area contributed by atoms with Gasteiger partial charge in [0.1, 0.15) is 0 Å². The number of hydrogen-bond acceptors (Lipinski definition) is 0. The fraction of sp³-hybridized carbons (Fsp3) is 0.200. The molecule has 0 atom stereocenters. The van der Waals surface area contributed by atoms with Crippen LogP contribution in [0.5, 0.6) is 0 Å². The van der Waals surface area contributed by atoms with Gasteiger partial charge in [0, 0.05) is 23.7 Å². The average molecular weight is 150 g/mol. The number of nitrogens with zero attached hydrogens (tertiary/aromatic N) is 1. The highest BCUT2D eigenvalue weighted by Gasteiger charge is 1.92. The van der Waals surface area contributed by atoms with E-state index >= 15 is 0 Å². The lowest BCUT2D eigenvalue weighted by atomic mass is 10.5.